The molecule has 0 unspecified atom stereocenters. The first-order valence-corrected chi connectivity index (χ1v) is 5.71. The van der Waals surface area contributed by atoms with Crippen LogP contribution < -0.4 is 10.9 Å². The number of benzene rings is 1. The molecule has 2 rings (SSSR count). The summed E-state index contributed by atoms with van der Waals surface area (Å²) in [6, 6.07) is 4.16. The van der Waals surface area contributed by atoms with Gasteiger partial charge in [0.15, 0.2) is 0 Å². The fraction of sp³-hybridized carbons (Fsp3) is 0.0833. The Labute approximate surface area is 117 Å². The average Bonchev–Trinajstić information content (AvgIpc) is 2.43. The normalized spacial score (nSPS) is 10.1. The Morgan fingerprint density at radius 3 is 2.86 bits per heavy atom. The number of hydrogen-bond donors (Lipinski definition) is 1. The topological polar surface area (TPSA) is 107 Å². The number of aromatic nitrogens is 2. The van der Waals surface area contributed by atoms with E-state index < -0.39 is 27.9 Å². The second-order valence-electron chi connectivity index (χ2n) is 4.02. The predicted octanol–water partition coefficient (Wildman–Crippen LogP) is 0.929. The molecule has 0 radical (unpaired) electrons. The number of rotatable bonds is 4. The standard InChI is InChI=1S/C12H9FN4O4/c13-9-2-1-8(5-10(9)17(20)21)15-11(18)6-16-7-14-4-3-12(16)19/h1-5,7H,6H2,(H,15,18). The third-order valence-corrected chi connectivity index (χ3v) is 2.53. The zero-order valence-electron chi connectivity index (χ0n) is 10.5. The quantitative estimate of drug-likeness (QED) is 0.666. The van der Waals surface area contributed by atoms with Gasteiger partial charge in [-0.3, -0.25) is 24.3 Å². The van der Waals surface area contributed by atoms with E-state index in [9.17, 15) is 24.1 Å². The molecule has 1 heterocycles. The summed E-state index contributed by atoms with van der Waals surface area (Å²) in [4.78, 5) is 36.5. The van der Waals surface area contributed by atoms with Crippen LogP contribution in [-0.4, -0.2) is 20.4 Å². The lowest BCUT2D eigenvalue weighted by Crippen LogP contribution is -2.27. The molecular formula is C12H9FN4O4. The van der Waals surface area contributed by atoms with Gasteiger partial charge < -0.3 is 5.32 Å². The first-order valence-electron chi connectivity index (χ1n) is 5.71. The summed E-state index contributed by atoms with van der Waals surface area (Å²) in [5, 5.41) is 12.9. The summed E-state index contributed by atoms with van der Waals surface area (Å²) in [5.74, 6) is -1.59. The summed E-state index contributed by atoms with van der Waals surface area (Å²) < 4.78 is 14.2. The lowest BCUT2D eigenvalue weighted by molar-refractivity contribution is -0.387. The molecule has 0 atom stereocenters. The van der Waals surface area contributed by atoms with Crippen LogP contribution in [0.2, 0.25) is 0 Å². The molecule has 0 saturated heterocycles. The second kappa shape index (κ2) is 5.90. The summed E-state index contributed by atoms with van der Waals surface area (Å²) in [5.41, 5.74) is -1.10. The van der Waals surface area contributed by atoms with Crippen molar-refractivity contribution in [2.75, 3.05) is 5.32 Å². The lowest BCUT2D eigenvalue weighted by atomic mass is 10.2. The summed E-state index contributed by atoms with van der Waals surface area (Å²) in [7, 11) is 0. The van der Waals surface area contributed by atoms with E-state index >= 15 is 0 Å². The number of hydrogen-bond acceptors (Lipinski definition) is 5. The number of nitrogens with one attached hydrogen (secondary N) is 1. The maximum Gasteiger partial charge on any atom is 0.306 e. The molecule has 0 aliphatic rings. The highest BCUT2D eigenvalue weighted by Crippen LogP contribution is 2.21. The van der Waals surface area contributed by atoms with Crippen LogP contribution in [0.4, 0.5) is 15.8 Å². The molecule has 0 fully saturated rings. The van der Waals surface area contributed by atoms with Crippen LogP contribution >= 0.6 is 0 Å². The molecule has 0 saturated carbocycles. The van der Waals surface area contributed by atoms with Crippen molar-refractivity contribution in [2.45, 2.75) is 6.54 Å². The van der Waals surface area contributed by atoms with E-state index in [4.69, 9.17) is 0 Å². The highest BCUT2D eigenvalue weighted by molar-refractivity contribution is 5.90. The van der Waals surface area contributed by atoms with Crippen molar-refractivity contribution in [3.05, 3.63) is 63.1 Å². The largest absolute Gasteiger partial charge is 0.324 e. The zero-order valence-corrected chi connectivity index (χ0v) is 10.5. The molecular weight excluding hydrogens is 283 g/mol. The van der Waals surface area contributed by atoms with E-state index in [1.807, 2.05) is 0 Å². The van der Waals surface area contributed by atoms with E-state index in [2.05, 4.69) is 10.3 Å². The number of nitrogens with zero attached hydrogens (tertiary/aromatic N) is 3. The molecule has 1 N–H and O–H groups in total. The van der Waals surface area contributed by atoms with Gasteiger partial charge in [-0.25, -0.2) is 4.98 Å². The van der Waals surface area contributed by atoms with E-state index in [1.165, 1.54) is 24.7 Å². The highest BCUT2D eigenvalue weighted by atomic mass is 19.1. The summed E-state index contributed by atoms with van der Waals surface area (Å²) in [6.07, 6.45) is 2.48. The van der Waals surface area contributed by atoms with Crippen LogP contribution in [0, 0.1) is 15.9 Å². The Bertz CT molecular complexity index is 759. The van der Waals surface area contributed by atoms with Crippen molar-refractivity contribution in [2.24, 2.45) is 0 Å². The fourth-order valence-corrected chi connectivity index (χ4v) is 1.58. The van der Waals surface area contributed by atoms with Crippen LogP contribution in [0.3, 0.4) is 0 Å². The SMILES string of the molecule is O=C(Cn1cnccc1=O)Nc1ccc(F)c([N+](=O)[O-])c1. The van der Waals surface area contributed by atoms with Crippen LogP contribution in [0.25, 0.3) is 0 Å². The zero-order chi connectivity index (χ0) is 15.4. The van der Waals surface area contributed by atoms with Crippen LogP contribution in [0.5, 0.6) is 0 Å². The molecule has 1 aromatic carbocycles. The number of nitro groups is 1. The van der Waals surface area contributed by atoms with Gasteiger partial charge in [-0.05, 0) is 12.1 Å². The molecule has 1 aromatic heterocycles. The number of carbonyl (C=O) groups is 1. The minimum absolute atomic E-state index is 0.0602. The van der Waals surface area contributed by atoms with Crippen molar-refractivity contribution in [3.8, 4) is 0 Å². The van der Waals surface area contributed by atoms with Gasteiger partial charge in [0.2, 0.25) is 11.7 Å². The number of halogens is 1. The van der Waals surface area contributed by atoms with Gasteiger partial charge in [-0.15, -0.1) is 0 Å². The van der Waals surface area contributed by atoms with E-state index in [-0.39, 0.29) is 12.2 Å². The smallest absolute Gasteiger partial charge is 0.306 e. The van der Waals surface area contributed by atoms with Crippen LogP contribution in [0.15, 0.2) is 41.6 Å². The van der Waals surface area contributed by atoms with Crippen molar-refractivity contribution >= 4 is 17.3 Å². The van der Waals surface area contributed by atoms with Crippen molar-refractivity contribution in [3.63, 3.8) is 0 Å². The maximum atomic E-state index is 13.1. The molecule has 1 amide bonds. The minimum Gasteiger partial charge on any atom is -0.324 e. The molecule has 0 spiro atoms. The number of carbonyl (C=O) groups excluding carboxylic acids is 1. The van der Waals surface area contributed by atoms with Gasteiger partial charge in [0.1, 0.15) is 6.54 Å². The highest BCUT2D eigenvalue weighted by Gasteiger charge is 2.15. The number of anilines is 1. The van der Waals surface area contributed by atoms with Crippen LogP contribution in [0.1, 0.15) is 0 Å². The van der Waals surface area contributed by atoms with Gasteiger partial charge >= 0.3 is 5.69 Å². The van der Waals surface area contributed by atoms with Gasteiger partial charge in [-0.2, -0.15) is 4.39 Å². The molecule has 108 valence electrons. The fourth-order valence-electron chi connectivity index (χ4n) is 1.58. The van der Waals surface area contributed by atoms with Crippen molar-refractivity contribution in [1.82, 2.24) is 9.55 Å². The second-order valence-corrected chi connectivity index (χ2v) is 4.02. The molecule has 9 heteroatoms. The first kappa shape index (κ1) is 14.3. The number of amides is 1. The third kappa shape index (κ3) is 3.47. The van der Waals surface area contributed by atoms with Crippen molar-refractivity contribution < 1.29 is 14.1 Å². The molecule has 8 nitrogen and oxygen atoms in total. The van der Waals surface area contributed by atoms with E-state index in [0.29, 0.717) is 0 Å². The van der Waals surface area contributed by atoms with E-state index in [0.717, 1.165) is 16.7 Å². The lowest BCUT2D eigenvalue weighted by Gasteiger charge is -2.06. The molecule has 0 aliphatic carbocycles. The maximum absolute atomic E-state index is 13.1. The Hall–Kier alpha value is -3.10. The van der Waals surface area contributed by atoms with Gasteiger partial charge in [0.25, 0.3) is 5.56 Å². The molecule has 21 heavy (non-hydrogen) atoms. The predicted molar refractivity (Wildman–Crippen MR) is 70.2 cm³/mol. The average molecular weight is 292 g/mol. The van der Waals surface area contributed by atoms with Crippen molar-refractivity contribution in [1.29, 1.82) is 0 Å². The van der Waals surface area contributed by atoms with Crippen LogP contribution in [-0.2, 0) is 11.3 Å². The van der Waals surface area contributed by atoms with Gasteiger partial charge in [-0.1, -0.05) is 0 Å². The summed E-state index contributed by atoms with van der Waals surface area (Å²) >= 11 is 0. The first-order chi connectivity index (χ1) is 9.97. The van der Waals surface area contributed by atoms with Gasteiger partial charge in [0, 0.05) is 24.0 Å². The van der Waals surface area contributed by atoms with E-state index in [1.54, 1.807) is 0 Å². The molecule has 0 aliphatic heterocycles. The Morgan fingerprint density at radius 1 is 1.43 bits per heavy atom. The monoisotopic (exact) mass is 292 g/mol. The van der Waals surface area contributed by atoms with Gasteiger partial charge in [0.05, 0.1) is 11.3 Å². The number of nitro benzene ring substituents is 1. The third-order valence-electron chi connectivity index (χ3n) is 2.53. The molecule has 0 bridgehead atoms. The Morgan fingerprint density at radius 2 is 2.19 bits per heavy atom. The molecule has 2 aromatic rings. The summed E-state index contributed by atoms with van der Waals surface area (Å²) in [6.45, 7) is -0.308. The Balaban J connectivity index is 2.13. The minimum atomic E-state index is -0.999. The Kier molecular flexibility index (Phi) is 4.02.